The summed E-state index contributed by atoms with van der Waals surface area (Å²) in [7, 11) is 3.08. The molecule has 5 heteroatoms. The summed E-state index contributed by atoms with van der Waals surface area (Å²) in [5.41, 5.74) is 0.276. The third kappa shape index (κ3) is 3.76. The lowest BCUT2D eigenvalue weighted by atomic mass is 10.3. The lowest BCUT2D eigenvalue weighted by Crippen LogP contribution is -2.00. The van der Waals surface area contributed by atoms with E-state index in [4.69, 9.17) is 5.11 Å². The van der Waals surface area contributed by atoms with Crippen LogP contribution in [-0.2, 0) is 0 Å². The first-order chi connectivity index (χ1) is 7.15. The lowest BCUT2D eigenvalue weighted by Gasteiger charge is -2.07. The van der Waals surface area contributed by atoms with Crippen molar-refractivity contribution in [1.29, 1.82) is 0 Å². The summed E-state index contributed by atoms with van der Waals surface area (Å²) >= 11 is 0. The molecule has 15 heavy (non-hydrogen) atoms. The maximum atomic E-state index is 10.9. The number of carbonyl (C=O) groups is 1. The summed E-state index contributed by atoms with van der Waals surface area (Å²) in [6.07, 6.45) is 2.68. The Morgan fingerprint density at radius 1 is 1.67 bits per heavy atom. The summed E-state index contributed by atoms with van der Waals surface area (Å²) < 4.78 is 0. The Morgan fingerprint density at radius 2 is 2.40 bits per heavy atom. The van der Waals surface area contributed by atoms with Gasteiger partial charge in [0.05, 0.1) is 5.56 Å². The van der Waals surface area contributed by atoms with Crippen LogP contribution in [0.4, 0.5) is 0 Å². The maximum Gasteiger partial charge on any atom is 0.338 e. The van der Waals surface area contributed by atoms with E-state index in [1.165, 1.54) is 10.8 Å². The molecule has 82 valence electrons. The fourth-order valence-electron chi connectivity index (χ4n) is 0.816. The summed E-state index contributed by atoms with van der Waals surface area (Å²) in [5, 5.41) is 10.0. The molecule has 3 nitrogen and oxygen atoms in total. The monoisotopic (exact) mass is 243 g/mol. The molecular weight excluding hydrogens is 230 g/mol. The first kappa shape index (κ1) is 12.4. The smallest absolute Gasteiger partial charge is 0.338 e. The highest BCUT2D eigenvalue weighted by atomic mass is 33.1. The zero-order chi connectivity index (χ0) is 11.3. The molecule has 1 aromatic rings. The van der Waals surface area contributed by atoms with E-state index < -0.39 is 5.97 Å². The lowest BCUT2D eigenvalue weighted by molar-refractivity contribution is 0.0692. The van der Waals surface area contributed by atoms with Crippen LogP contribution < -0.4 is 0 Å². The Hall–Kier alpha value is -0.680. The predicted molar refractivity (Wildman–Crippen MR) is 64.4 cm³/mol. The second-order valence-corrected chi connectivity index (χ2v) is 5.69. The topological polar surface area (TPSA) is 50.2 Å². The molecule has 0 fully saturated rings. The standard InChI is InChI=1S/C10H13NO2S2/c1-3-7(2)14-15-9-8(10(12)13)5-4-6-11-9/h4-7H,3H2,1-2H3,(H,12,13). The Bertz CT molecular complexity index is 344. The highest BCUT2D eigenvalue weighted by Gasteiger charge is 2.12. The molecule has 0 spiro atoms. The van der Waals surface area contributed by atoms with Crippen molar-refractivity contribution in [3.8, 4) is 0 Å². The molecule has 0 aliphatic carbocycles. The second kappa shape index (κ2) is 6.02. The maximum absolute atomic E-state index is 10.9. The van der Waals surface area contributed by atoms with Gasteiger partial charge in [0, 0.05) is 11.4 Å². The van der Waals surface area contributed by atoms with E-state index >= 15 is 0 Å². The zero-order valence-corrected chi connectivity index (χ0v) is 10.3. The normalized spacial score (nSPS) is 12.4. The molecule has 1 rings (SSSR count). The van der Waals surface area contributed by atoms with Gasteiger partial charge >= 0.3 is 5.97 Å². The molecule has 0 amide bonds. The SMILES string of the molecule is CCC(C)SSc1ncccc1C(=O)O. The predicted octanol–water partition coefficient (Wildman–Crippen LogP) is 3.32. The van der Waals surface area contributed by atoms with Crippen LogP contribution in [0.5, 0.6) is 0 Å². The van der Waals surface area contributed by atoms with Crippen LogP contribution in [-0.4, -0.2) is 21.3 Å². The Kier molecular flexibility index (Phi) is 4.98. The molecule has 0 saturated heterocycles. The highest BCUT2D eigenvalue weighted by Crippen LogP contribution is 2.35. The average Bonchev–Trinajstić information content (AvgIpc) is 2.26. The fourth-order valence-corrected chi connectivity index (χ4v) is 3.13. The summed E-state index contributed by atoms with van der Waals surface area (Å²) in [5.74, 6) is -0.921. The van der Waals surface area contributed by atoms with Gasteiger partial charge in [-0.25, -0.2) is 9.78 Å². The molecule has 1 atom stereocenters. The van der Waals surface area contributed by atoms with Crippen molar-refractivity contribution in [3.05, 3.63) is 23.9 Å². The van der Waals surface area contributed by atoms with E-state index in [1.807, 2.05) is 0 Å². The number of aromatic nitrogens is 1. The van der Waals surface area contributed by atoms with Crippen LogP contribution in [0.15, 0.2) is 23.4 Å². The van der Waals surface area contributed by atoms with Crippen LogP contribution >= 0.6 is 21.6 Å². The Morgan fingerprint density at radius 3 is 3.00 bits per heavy atom. The summed E-state index contributed by atoms with van der Waals surface area (Å²) in [6.45, 7) is 4.22. The van der Waals surface area contributed by atoms with Gasteiger partial charge in [-0.05, 0) is 29.3 Å². The van der Waals surface area contributed by atoms with E-state index in [0.717, 1.165) is 6.42 Å². The van der Waals surface area contributed by atoms with Gasteiger partial charge in [-0.2, -0.15) is 0 Å². The van der Waals surface area contributed by atoms with Gasteiger partial charge in [0.1, 0.15) is 5.03 Å². The van der Waals surface area contributed by atoms with Gasteiger partial charge in [-0.15, -0.1) is 0 Å². The number of hydrogen-bond acceptors (Lipinski definition) is 4. The average molecular weight is 243 g/mol. The fraction of sp³-hybridized carbons (Fsp3) is 0.400. The van der Waals surface area contributed by atoms with Gasteiger partial charge in [-0.3, -0.25) is 0 Å². The van der Waals surface area contributed by atoms with E-state index in [9.17, 15) is 4.79 Å². The van der Waals surface area contributed by atoms with E-state index in [0.29, 0.717) is 10.3 Å². The number of aromatic carboxylic acids is 1. The molecule has 0 radical (unpaired) electrons. The minimum Gasteiger partial charge on any atom is -0.478 e. The van der Waals surface area contributed by atoms with E-state index in [2.05, 4.69) is 18.8 Å². The van der Waals surface area contributed by atoms with Gasteiger partial charge < -0.3 is 5.11 Å². The Balaban J connectivity index is 2.72. The third-order valence-corrected chi connectivity index (χ3v) is 4.86. The first-order valence-electron chi connectivity index (χ1n) is 4.66. The van der Waals surface area contributed by atoms with Crippen molar-refractivity contribution in [1.82, 2.24) is 4.98 Å². The third-order valence-electron chi connectivity index (χ3n) is 1.87. The highest BCUT2D eigenvalue weighted by molar-refractivity contribution is 8.76. The zero-order valence-electron chi connectivity index (χ0n) is 8.64. The molecule has 0 aromatic carbocycles. The molecule has 1 aromatic heterocycles. The molecule has 1 N–H and O–H groups in total. The molecular formula is C10H13NO2S2. The quantitative estimate of drug-likeness (QED) is 0.804. The van der Waals surface area contributed by atoms with Crippen molar-refractivity contribution in [3.63, 3.8) is 0 Å². The molecule has 0 bridgehead atoms. The molecule has 0 aliphatic rings. The largest absolute Gasteiger partial charge is 0.478 e. The van der Waals surface area contributed by atoms with Gasteiger partial charge in [0.25, 0.3) is 0 Å². The van der Waals surface area contributed by atoms with Crippen LogP contribution in [0.25, 0.3) is 0 Å². The first-order valence-corrected chi connectivity index (χ1v) is 6.88. The molecule has 0 saturated carbocycles. The van der Waals surface area contributed by atoms with Crippen LogP contribution in [0.2, 0.25) is 0 Å². The van der Waals surface area contributed by atoms with Crippen molar-refractivity contribution in [2.45, 2.75) is 30.5 Å². The van der Waals surface area contributed by atoms with E-state index in [1.54, 1.807) is 29.1 Å². The van der Waals surface area contributed by atoms with Gasteiger partial charge in [0.15, 0.2) is 0 Å². The van der Waals surface area contributed by atoms with Crippen LogP contribution in [0.1, 0.15) is 30.6 Å². The van der Waals surface area contributed by atoms with Crippen LogP contribution in [0.3, 0.4) is 0 Å². The van der Waals surface area contributed by atoms with Gasteiger partial charge in [0.2, 0.25) is 0 Å². The van der Waals surface area contributed by atoms with Crippen molar-refractivity contribution < 1.29 is 9.90 Å². The van der Waals surface area contributed by atoms with Crippen molar-refractivity contribution in [2.24, 2.45) is 0 Å². The molecule has 1 unspecified atom stereocenters. The number of carboxylic acids is 1. The van der Waals surface area contributed by atoms with Crippen molar-refractivity contribution >= 4 is 27.6 Å². The van der Waals surface area contributed by atoms with E-state index in [-0.39, 0.29) is 5.56 Å². The van der Waals surface area contributed by atoms with Crippen molar-refractivity contribution in [2.75, 3.05) is 0 Å². The molecule has 1 heterocycles. The van der Waals surface area contributed by atoms with Crippen LogP contribution in [0, 0.1) is 0 Å². The minimum absolute atomic E-state index is 0.276. The Labute approximate surface area is 97.1 Å². The number of nitrogens with zero attached hydrogens (tertiary/aromatic N) is 1. The number of pyridine rings is 1. The van der Waals surface area contributed by atoms with Gasteiger partial charge in [-0.1, -0.05) is 24.6 Å². The minimum atomic E-state index is -0.921. The molecule has 0 aliphatic heterocycles. The number of hydrogen-bond donors (Lipinski definition) is 1. The number of carboxylic acid groups (broad SMARTS) is 1. The summed E-state index contributed by atoms with van der Waals surface area (Å²) in [4.78, 5) is 14.9. The number of rotatable bonds is 5. The summed E-state index contributed by atoms with van der Waals surface area (Å²) in [6, 6.07) is 3.22. The second-order valence-electron chi connectivity index (χ2n) is 3.06.